The summed E-state index contributed by atoms with van der Waals surface area (Å²) in [6, 6.07) is 10.3. The molecule has 1 aromatic rings. The average molecular weight is 522 g/mol. The molecule has 0 unspecified atom stereocenters. The van der Waals surface area contributed by atoms with Gasteiger partial charge in [-0.2, -0.15) is 0 Å². The second-order valence-electron chi connectivity index (χ2n) is 6.55. The maximum atomic E-state index is 11.8. The Hall–Kier alpha value is -1.04. The van der Waals surface area contributed by atoms with Gasteiger partial charge in [-0.3, -0.25) is 4.79 Å². The predicted molar refractivity (Wildman–Crippen MR) is 125 cm³/mol. The number of halogens is 1. The molecule has 0 spiro atoms. The summed E-state index contributed by atoms with van der Waals surface area (Å²) in [6.45, 7) is 4.69. The van der Waals surface area contributed by atoms with Gasteiger partial charge in [-0.1, -0.05) is 18.2 Å². The van der Waals surface area contributed by atoms with Crippen molar-refractivity contribution >= 4 is 47.6 Å². The Kier molecular flexibility index (Phi) is 11.8. The fraction of sp³-hybridized carbons (Fsp3) is 0.579. The molecule has 1 fully saturated rings. The molecule has 9 heteroatoms. The first-order valence-corrected chi connectivity index (χ1v) is 10.2. The van der Waals surface area contributed by atoms with Crippen LogP contribution in [0.5, 0.6) is 0 Å². The van der Waals surface area contributed by atoms with Crippen molar-refractivity contribution < 1.29 is 14.3 Å². The molecule has 2 rings (SSSR count). The highest BCUT2D eigenvalue weighted by Gasteiger charge is 2.30. The summed E-state index contributed by atoms with van der Waals surface area (Å²) >= 11 is 1.77. The van der Waals surface area contributed by atoms with E-state index in [4.69, 9.17) is 9.47 Å². The first kappa shape index (κ1) is 25.0. The van der Waals surface area contributed by atoms with Crippen molar-refractivity contribution in [3.05, 3.63) is 30.3 Å². The van der Waals surface area contributed by atoms with Crippen LogP contribution in [0.2, 0.25) is 0 Å². The molecule has 1 saturated heterocycles. The Labute approximate surface area is 189 Å². The second kappa shape index (κ2) is 13.2. The van der Waals surface area contributed by atoms with Gasteiger partial charge in [0.1, 0.15) is 6.54 Å². The first-order valence-electron chi connectivity index (χ1n) is 9.17. The molecule has 1 aromatic carbocycles. The number of rotatable bonds is 9. The zero-order valence-electron chi connectivity index (χ0n) is 16.8. The van der Waals surface area contributed by atoms with Crippen molar-refractivity contribution in [2.45, 2.75) is 24.0 Å². The zero-order chi connectivity index (χ0) is 19.5. The van der Waals surface area contributed by atoms with Gasteiger partial charge in [0.2, 0.25) is 5.91 Å². The molecule has 0 radical (unpaired) electrons. The molecule has 2 N–H and O–H groups in total. The Morgan fingerprint density at radius 3 is 2.46 bits per heavy atom. The number of carbonyl (C=O) groups is 1. The molecule has 28 heavy (non-hydrogen) atoms. The normalized spacial score (nSPS) is 15.6. The maximum absolute atomic E-state index is 11.8. The van der Waals surface area contributed by atoms with Gasteiger partial charge in [0.05, 0.1) is 13.2 Å². The van der Waals surface area contributed by atoms with Crippen molar-refractivity contribution in [3.63, 3.8) is 0 Å². The number of likely N-dealkylation sites (N-methyl/N-ethyl adjacent to an activating group) is 1. The standard InChI is InChI=1S/C19H30N4O3S.HI/c1-19(25-12-13-26-19)9-10-20-18(22-15-17(24)23(2)3)21-11-14-27-16-7-5-4-6-8-16;/h4-8H,9-15H2,1-3H3,(H2,20,21,22);1H. The van der Waals surface area contributed by atoms with Crippen molar-refractivity contribution in [3.8, 4) is 0 Å². The van der Waals surface area contributed by atoms with Crippen LogP contribution in [0.1, 0.15) is 13.3 Å². The van der Waals surface area contributed by atoms with Gasteiger partial charge >= 0.3 is 0 Å². The second-order valence-corrected chi connectivity index (χ2v) is 7.72. The third-order valence-electron chi connectivity index (χ3n) is 4.05. The van der Waals surface area contributed by atoms with Gasteiger partial charge in [-0.05, 0) is 19.1 Å². The van der Waals surface area contributed by atoms with Crippen LogP contribution in [-0.2, 0) is 14.3 Å². The summed E-state index contributed by atoms with van der Waals surface area (Å²) in [5.74, 6) is 0.946. The molecule has 0 aromatic heterocycles. The topological polar surface area (TPSA) is 75.2 Å². The molecule has 0 saturated carbocycles. The van der Waals surface area contributed by atoms with Crippen LogP contribution in [-0.4, -0.2) is 75.2 Å². The van der Waals surface area contributed by atoms with Crippen LogP contribution in [0.3, 0.4) is 0 Å². The lowest BCUT2D eigenvalue weighted by Crippen LogP contribution is -2.42. The van der Waals surface area contributed by atoms with Gasteiger partial charge in [-0.25, -0.2) is 4.99 Å². The summed E-state index contributed by atoms with van der Waals surface area (Å²) < 4.78 is 11.2. The third-order valence-corrected chi connectivity index (χ3v) is 5.06. The SMILES string of the molecule is CN(C)C(=O)CN=C(NCCSc1ccccc1)NCCC1(C)OCCO1.I. The number of benzene rings is 1. The smallest absolute Gasteiger partial charge is 0.243 e. The first-order chi connectivity index (χ1) is 13.0. The predicted octanol–water partition coefficient (Wildman–Crippen LogP) is 2.17. The number of ether oxygens (including phenoxy) is 2. The van der Waals surface area contributed by atoms with E-state index >= 15 is 0 Å². The van der Waals surface area contributed by atoms with Crippen LogP contribution in [0.25, 0.3) is 0 Å². The Morgan fingerprint density at radius 2 is 1.82 bits per heavy atom. The molecule has 1 heterocycles. The van der Waals surface area contributed by atoms with Gasteiger partial charge in [0.15, 0.2) is 11.7 Å². The molecule has 1 amide bonds. The monoisotopic (exact) mass is 522 g/mol. The summed E-state index contributed by atoms with van der Waals surface area (Å²) in [5.41, 5.74) is 0. The summed E-state index contributed by atoms with van der Waals surface area (Å²) in [4.78, 5) is 19.0. The van der Waals surface area contributed by atoms with Crippen molar-refractivity contribution in [2.24, 2.45) is 4.99 Å². The van der Waals surface area contributed by atoms with E-state index in [0.717, 1.165) is 12.3 Å². The molecule has 7 nitrogen and oxygen atoms in total. The highest BCUT2D eigenvalue weighted by molar-refractivity contribution is 14.0. The minimum Gasteiger partial charge on any atom is -0.356 e. The van der Waals surface area contributed by atoms with Gasteiger partial charge in [-0.15, -0.1) is 35.7 Å². The van der Waals surface area contributed by atoms with E-state index in [1.807, 2.05) is 25.1 Å². The highest BCUT2D eigenvalue weighted by atomic mass is 127. The van der Waals surface area contributed by atoms with E-state index in [0.29, 0.717) is 32.1 Å². The van der Waals surface area contributed by atoms with E-state index < -0.39 is 5.79 Å². The molecule has 158 valence electrons. The number of aliphatic imine (C=N–C) groups is 1. The number of carbonyl (C=O) groups excluding carboxylic acids is 1. The van der Waals surface area contributed by atoms with E-state index in [1.165, 1.54) is 9.80 Å². The van der Waals surface area contributed by atoms with Crippen molar-refractivity contribution in [1.82, 2.24) is 15.5 Å². The quantitative estimate of drug-likeness (QED) is 0.170. The number of guanidine groups is 1. The van der Waals surface area contributed by atoms with Crippen molar-refractivity contribution in [2.75, 3.05) is 52.7 Å². The molecular weight excluding hydrogens is 491 g/mol. The van der Waals surface area contributed by atoms with Gasteiger partial charge < -0.3 is 25.0 Å². The molecule has 0 aliphatic carbocycles. The zero-order valence-corrected chi connectivity index (χ0v) is 19.9. The van der Waals surface area contributed by atoms with E-state index in [1.54, 1.807) is 25.9 Å². The van der Waals surface area contributed by atoms with Gasteiger partial charge in [0, 0.05) is 44.3 Å². The largest absolute Gasteiger partial charge is 0.356 e. The Morgan fingerprint density at radius 1 is 1.18 bits per heavy atom. The third kappa shape index (κ3) is 9.44. The van der Waals surface area contributed by atoms with E-state index in [2.05, 4.69) is 27.8 Å². The lowest BCUT2D eigenvalue weighted by atomic mass is 10.2. The summed E-state index contributed by atoms with van der Waals surface area (Å²) in [7, 11) is 3.45. The number of hydrogen-bond donors (Lipinski definition) is 2. The summed E-state index contributed by atoms with van der Waals surface area (Å²) in [5, 5.41) is 6.55. The lowest BCUT2D eigenvalue weighted by molar-refractivity contribution is -0.145. The number of nitrogens with zero attached hydrogens (tertiary/aromatic N) is 2. The van der Waals surface area contributed by atoms with E-state index in [9.17, 15) is 4.79 Å². The highest BCUT2D eigenvalue weighted by Crippen LogP contribution is 2.21. The minimum atomic E-state index is -0.541. The fourth-order valence-corrected chi connectivity index (χ4v) is 3.22. The van der Waals surface area contributed by atoms with Crippen LogP contribution >= 0.6 is 35.7 Å². The van der Waals surface area contributed by atoms with Crippen molar-refractivity contribution in [1.29, 1.82) is 0 Å². The maximum Gasteiger partial charge on any atom is 0.243 e. The molecule has 0 atom stereocenters. The minimum absolute atomic E-state index is 0. The Bertz CT molecular complexity index is 610. The molecule has 1 aliphatic rings. The molecule has 0 bridgehead atoms. The number of nitrogens with one attached hydrogen (secondary N) is 2. The molecule has 1 aliphatic heterocycles. The van der Waals surface area contributed by atoms with Gasteiger partial charge in [0.25, 0.3) is 0 Å². The van der Waals surface area contributed by atoms with Crippen LogP contribution in [0, 0.1) is 0 Å². The van der Waals surface area contributed by atoms with Crippen LogP contribution in [0.15, 0.2) is 40.2 Å². The average Bonchev–Trinajstić information content (AvgIpc) is 3.09. The number of thioether (sulfide) groups is 1. The van der Waals surface area contributed by atoms with Crippen LogP contribution in [0.4, 0.5) is 0 Å². The number of hydrogen-bond acceptors (Lipinski definition) is 5. The number of amides is 1. The van der Waals surface area contributed by atoms with Crippen LogP contribution < -0.4 is 10.6 Å². The lowest BCUT2D eigenvalue weighted by Gasteiger charge is -2.23. The van der Waals surface area contributed by atoms with E-state index in [-0.39, 0.29) is 36.4 Å². The summed E-state index contributed by atoms with van der Waals surface area (Å²) in [6.07, 6.45) is 0.702. The molecular formula is C19H31IN4O3S. The Balaban J connectivity index is 0.00000392. The fourth-order valence-electron chi connectivity index (χ4n) is 2.43.